The van der Waals surface area contributed by atoms with Crippen LogP contribution in [0.4, 0.5) is 8.78 Å². The molecule has 0 unspecified atom stereocenters. The average molecular weight is 353 g/mol. The van der Waals surface area contributed by atoms with Gasteiger partial charge in [0.1, 0.15) is 5.82 Å². The summed E-state index contributed by atoms with van der Waals surface area (Å²) < 4.78 is 26.5. The Morgan fingerprint density at radius 1 is 1.14 bits per heavy atom. The van der Waals surface area contributed by atoms with Crippen molar-refractivity contribution in [2.24, 2.45) is 5.73 Å². The lowest BCUT2D eigenvalue weighted by molar-refractivity contribution is 0.0637. The highest BCUT2D eigenvalue weighted by atomic mass is 35.5. The number of nitrogens with zero attached hydrogens (tertiary/aromatic N) is 3. The van der Waals surface area contributed by atoms with Crippen LogP contribution in [0, 0.1) is 0 Å². The Morgan fingerprint density at radius 2 is 1.82 bits per heavy atom. The molecule has 0 radical (unpaired) electrons. The third-order valence-electron chi connectivity index (χ3n) is 3.02. The second-order valence-electron chi connectivity index (χ2n) is 4.51. The highest BCUT2D eigenvalue weighted by Crippen LogP contribution is 2.15. The summed E-state index contributed by atoms with van der Waals surface area (Å²) in [5, 5.41) is 0. The number of rotatable bonds is 7. The van der Waals surface area contributed by atoms with E-state index in [1.54, 1.807) is 0 Å². The lowest BCUT2D eigenvalue weighted by atomic mass is 10.2. The van der Waals surface area contributed by atoms with Crippen molar-refractivity contribution in [3.05, 3.63) is 54.1 Å². The summed E-state index contributed by atoms with van der Waals surface area (Å²) in [6.07, 6.45) is 2.69. The Bertz CT molecular complexity index is 523. The van der Waals surface area contributed by atoms with Crippen LogP contribution in [0.2, 0.25) is 0 Å². The maximum absolute atomic E-state index is 12.8. The topological polar surface area (TPSA) is 47.1 Å². The minimum Gasteiger partial charge on any atom is -0.329 e. The summed E-state index contributed by atoms with van der Waals surface area (Å²) in [6, 6.07) is 9.86. The molecule has 0 saturated heterocycles. The molecule has 22 heavy (non-hydrogen) atoms. The Labute approximate surface area is 141 Å². The van der Waals surface area contributed by atoms with Crippen LogP contribution < -0.4 is 5.73 Å². The third kappa shape index (κ3) is 5.88. The molecule has 1 heterocycles. The number of imidazole rings is 1. The molecule has 8 heteroatoms. The molecule has 4 nitrogen and oxygen atoms in total. The minimum atomic E-state index is -2.57. The van der Waals surface area contributed by atoms with Gasteiger partial charge in [-0.25, -0.2) is 4.98 Å². The van der Waals surface area contributed by atoms with Crippen molar-refractivity contribution in [3.8, 4) is 0 Å². The molecule has 0 spiro atoms. The number of hydrogen-bond acceptors (Lipinski definition) is 3. The van der Waals surface area contributed by atoms with E-state index in [4.69, 9.17) is 5.73 Å². The van der Waals surface area contributed by atoms with E-state index in [-0.39, 0.29) is 24.8 Å². The first-order chi connectivity index (χ1) is 9.70. The predicted molar refractivity (Wildman–Crippen MR) is 87.6 cm³/mol. The molecule has 2 rings (SSSR count). The summed E-state index contributed by atoms with van der Waals surface area (Å²) in [4.78, 5) is 6.01. The SMILES string of the molecule is Cl.Cl.NCCN(Cc1ccccc1)Cc1nccn1C(F)F. The molecule has 0 aliphatic heterocycles. The fourth-order valence-corrected chi connectivity index (χ4v) is 2.08. The smallest absolute Gasteiger partial charge is 0.319 e. The number of nitrogens with two attached hydrogens (primary N) is 1. The average Bonchev–Trinajstić information content (AvgIpc) is 2.88. The quantitative estimate of drug-likeness (QED) is 0.832. The second-order valence-corrected chi connectivity index (χ2v) is 4.51. The molecular weight excluding hydrogens is 333 g/mol. The fourth-order valence-electron chi connectivity index (χ4n) is 2.08. The summed E-state index contributed by atoms with van der Waals surface area (Å²) >= 11 is 0. The highest BCUT2D eigenvalue weighted by molar-refractivity contribution is 5.85. The van der Waals surface area contributed by atoms with Crippen LogP contribution in [0.25, 0.3) is 0 Å². The number of hydrogen-bond donors (Lipinski definition) is 1. The van der Waals surface area contributed by atoms with E-state index in [9.17, 15) is 8.78 Å². The van der Waals surface area contributed by atoms with Gasteiger partial charge in [0.25, 0.3) is 0 Å². The van der Waals surface area contributed by atoms with E-state index >= 15 is 0 Å². The summed E-state index contributed by atoms with van der Waals surface area (Å²) in [5.41, 5.74) is 6.71. The van der Waals surface area contributed by atoms with Gasteiger partial charge in [0, 0.05) is 32.0 Å². The maximum atomic E-state index is 12.8. The van der Waals surface area contributed by atoms with Crippen molar-refractivity contribution < 1.29 is 8.78 Å². The van der Waals surface area contributed by atoms with Crippen LogP contribution in [0.5, 0.6) is 0 Å². The first-order valence-corrected chi connectivity index (χ1v) is 6.47. The lowest BCUT2D eigenvalue weighted by Crippen LogP contribution is -2.30. The van der Waals surface area contributed by atoms with Gasteiger partial charge in [0.05, 0.1) is 6.54 Å². The van der Waals surface area contributed by atoms with Crippen LogP contribution in [0.3, 0.4) is 0 Å². The normalized spacial score (nSPS) is 10.4. The number of benzene rings is 1. The molecule has 2 aromatic rings. The largest absolute Gasteiger partial charge is 0.329 e. The molecule has 0 atom stereocenters. The van der Waals surface area contributed by atoms with Gasteiger partial charge in [0.15, 0.2) is 0 Å². The van der Waals surface area contributed by atoms with Gasteiger partial charge in [-0.05, 0) is 5.56 Å². The molecule has 0 bridgehead atoms. The lowest BCUT2D eigenvalue weighted by Gasteiger charge is -2.21. The summed E-state index contributed by atoms with van der Waals surface area (Å²) in [7, 11) is 0. The molecular formula is C14H20Cl2F2N4. The van der Waals surface area contributed by atoms with E-state index in [1.807, 2.05) is 35.2 Å². The molecule has 0 aliphatic carbocycles. The van der Waals surface area contributed by atoms with Crippen molar-refractivity contribution in [3.63, 3.8) is 0 Å². The first-order valence-electron chi connectivity index (χ1n) is 6.47. The zero-order valence-electron chi connectivity index (χ0n) is 11.9. The first kappa shape index (κ1) is 20.8. The molecule has 0 aliphatic rings. The molecule has 0 saturated carbocycles. The Morgan fingerprint density at radius 3 is 2.41 bits per heavy atom. The molecule has 0 amide bonds. The van der Waals surface area contributed by atoms with Gasteiger partial charge in [-0.3, -0.25) is 9.47 Å². The predicted octanol–water partition coefficient (Wildman–Crippen LogP) is 3.08. The van der Waals surface area contributed by atoms with Gasteiger partial charge in [-0.15, -0.1) is 24.8 Å². The monoisotopic (exact) mass is 352 g/mol. The Balaban J connectivity index is 0.00000220. The molecule has 0 fully saturated rings. The maximum Gasteiger partial charge on any atom is 0.319 e. The van der Waals surface area contributed by atoms with Crippen LogP contribution >= 0.6 is 24.8 Å². The zero-order valence-corrected chi connectivity index (χ0v) is 13.6. The third-order valence-corrected chi connectivity index (χ3v) is 3.02. The van der Waals surface area contributed by atoms with Gasteiger partial charge in [0.2, 0.25) is 0 Å². The number of halogens is 4. The van der Waals surface area contributed by atoms with Crippen LogP contribution in [0.1, 0.15) is 17.9 Å². The molecule has 124 valence electrons. The Hall–Kier alpha value is -1.21. The van der Waals surface area contributed by atoms with Gasteiger partial charge in [-0.1, -0.05) is 30.3 Å². The molecule has 1 aromatic carbocycles. The van der Waals surface area contributed by atoms with E-state index < -0.39 is 6.55 Å². The van der Waals surface area contributed by atoms with Gasteiger partial charge in [-0.2, -0.15) is 8.78 Å². The van der Waals surface area contributed by atoms with Crippen molar-refractivity contribution in [2.45, 2.75) is 19.6 Å². The van der Waals surface area contributed by atoms with Crippen LogP contribution in [0.15, 0.2) is 42.7 Å². The van der Waals surface area contributed by atoms with E-state index in [1.165, 1.54) is 12.4 Å². The van der Waals surface area contributed by atoms with Gasteiger partial charge < -0.3 is 5.73 Å². The fraction of sp³-hybridized carbons (Fsp3) is 0.357. The Kier molecular flexibility index (Phi) is 9.93. The van der Waals surface area contributed by atoms with Crippen molar-refractivity contribution in [1.29, 1.82) is 0 Å². The van der Waals surface area contributed by atoms with E-state index in [2.05, 4.69) is 4.98 Å². The summed E-state index contributed by atoms with van der Waals surface area (Å²) in [6.45, 7) is -0.450. The zero-order chi connectivity index (χ0) is 14.4. The molecule has 2 N–H and O–H groups in total. The van der Waals surface area contributed by atoms with E-state index in [0.717, 1.165) is 10.1 Å². The highest BCUT2D eigenvalue weighted by Gasteiger charge is 2.14. The van der Waals surface area contributed by atoms with Crippen LogP contribution in [-0.2, 0) is 13.1 Å². The van der Waals surface area contributed by atoms with Gasteiger partial charge >= 0.3 is 6.55 Å². The van der Waals surface area contributed by atoms with Crippen molar-refractivity contribution in [1.82, 2.24) is 14.5 Å². The number of aromatic nitrogens is 2. The molecule has 1 aromatic heterocycles. The van der Waals surface area contributed by atoms with Crippen LogP contribution in [-0.4, -0.2) is 27.5 Å². The number of alkyl halides is 2. The van der Waals surface area contributed by atoms with Crippen molar-refractivity contribution in [2.75, 3.05) is 13.1 Å². The van der Waals surface area contributed by atoms with E-state index in [0.29, 0.717) is 32.0 Å². The summed E-state index contributed by atoms with van der Waals surface area (Å²) in [5.74, 6) is 0.351. The standard InChI is InChI=1S/C14H18F2N4.2ClH/c15-14(16)20-9-7-18-13(20)11-19(8-6-17)10-12-4-2-1-3-5-12;;/h1-5,7,9,14H,6,8,10-11,17H2;2*1H. The minimum absolute atomic E-state index is 0. The second kappa shape index (κ2) is 10.5. The van der Waals surface area contributed by atoms with Crippen molar-refractivity contribution >= 4 is 24.8 Å².